The van der Waals surface area contributed by atoms with Gasteiger partial charge in [-0.1, -0.05) is 35.3 Å². The molecule has 0 spiro atoms. The standard InChI is InChI=1S/C23H17Cl2NO6/c24-22(25)23(28)26-9-15(5-13-1-3-17-19(7-13)31-11-29-17)21(27)16(10-26)6-14-2-4-18-20(8-14)32-12-30-18/h1-8,22H,9-12H2/b15-5+,16-6+. The Labute approximate surface area is 193 Å². The van der Waals surface area contributed by atoms with E-state index in [0.29, 0.717) is 34.1 Å². The molecule has 3 aliphatic rings. The third kappa shape index (κ3) is 4.01. The van der Waals surface area contributed by atoms with E-state index in [1.54, 1.807) is 36.4 Å². The Hall–Kier alpha value is -3.16. The fourth-order valence-electron chi connectivity index (χ4n) is 3.74. The molecule has 0 aliphatic carbocycles. The van der Waals surface area contributed by atoms with E-state index < -0.39 is 10.7 Å². The fourth-order valence-corrected chi connectivity index (χ4v) is 4.02. The van der Waals surface area contributed by atoms with Crippen molar-refractivity contribution in [3.05, 3.63) is 58.7 Å². The van der Waals surface area contributed by atoms with E-state index in [1.807, 2.05) is 12.1 Å². The molecule has 0 aromatic heterocycles. The monoisotopic (exact) mass is 473 g/mol. The number of hydrogen-bond donors (Lipinski definition) is 0. The molecule has 3 heterocycles. The van der Waals surface area contributed by atoms with Gasteiger partial charge < -0.3 is 23.8 Å². The first-order chi connectivity index (χ1) is 15.5. The molecule has 0 unspecified atom stereocenters. The number of halogens is 2. The van der Waals surface area contributed by atoms with Gasteiger partial charge in [0.1, 0.15) is 0 Å². The maximum atomic E-state index is 13.3. The number of ketones is 1. The van der Waals surface area contributed by atoms with E-state index in [2.05, 4.69) is 0 Å². The van der Waals surface area contributed by atoms with Gasteiger partial charge in [-0.2, -0.15) is 0 Å². The highest BCUT2D eigenvalue weighted by Crippen LogP contribution is 2.35. The second kappa shape index (κ2) is 8.41. The van der Waals surface area contributed by atoms with Crippen molar-refractivity contribution in [1.29, 1.82) is 0 Å². The Kier molecular flexibility index (Phi) is 5.45. The van der Waals surface area contributed by atoms with Crippen molar-refractivity contribution in [2.24, 2.45) is 0 Å². The van der Waals surface area contributed by atoms with Gasteiger partial charge in [-0.05, 0) is 47.5 Å². The molecule has 0 N–H and O–H groups in total. The van der Waals surface area contributed by atoms with Gasteiger partial charge in [0.15, 0.2) is 33.6 Å². The summed E-state index contributed by atoms with van der Waals surface area (Å²) in [5.74, 6) is 1.88. The van der Waals surface area contributed by atoms with E-state index in [9.17, 15) is 9.59 Å². The van der Waals surface area contributed by atoms with Crippen LogP contribution >= 0.6 is 23.2 Å². The lowest BCUT2D eigenvalue weighted by Gasteiger charge is -2.30. The Balaban J connectivity index is 1.50. The van der Waals surface area contributed by atoms with E-state index >= 15 is 0 Å². The number of benzene rings is 2. The molecule has 5 rings (SSSR count). The quantitative estimate of drug-likeness (QED) is 0.498. The van der Waals surface area contributed by atoms with Crippen LogP contribution in [0.1, 0.15) is 11.1 Å². The molecule has 0 bridgehead atoms. The number of ether oxygens (including phenoxy) is 4. The predicted molar refractivity (Wildman–Crippen MR) is 118 cm³/mol. The number of carbonyl (C=O) groups is 2. The summed E-state index contributed by atoms with van der Waals surface area (Å²) < 4.78 is 21.5. The third-order valence-corrected chi connectivity index (χ3v) is 5.65. The first kappa shape index (κ1) is 20.7. The second-order valence-electron chi connectivity index (χ2n) is 7.39. The highest BCUT2D eigenvalue weighted by molar-refractivity contribution is 6.53. The van der Waals surface area contributed by atoms with Gasteiger partial charge in [-0.25, -0.2) is 0 Å². The van der Waals surface area contributed by atoms with Crippen LogP contribution in [0.2, 0.25) is 0 Å². The number of alkyl halides is 2. The molecule has 0 radical (unpaired) electrons. The first-order valence-electron chi connectivity index (χ1n) is 9.80. The van der Waals surface area contributed by atoms with Crippen molar-refractivity contribution in [1.82, 2.24) is 4.90 Å². The number of likely N-dealkylation sites (tertiary alicyclic amines) is 1. The van der Waals surface area contributed by atoms with Crippen molar-refractivity contribution in [3.8, 4) is 23.0 Å². The Morgan fingerprint density at radius 3 is 1.75 bits per heavy atom. The topological polar surface area (TPSA) is 74.3 Å². The SMILES string of the molecule is O=C1/C(=C/c2ccc3c(c2)OCO3)CN(C(=O)C(Cl)Cl)C/C1=C\c1ccc2c(c1)OCO2. The lowest BCUT2D eigenvalue weighted by atomic mass is 9.94. The van der Waals surface area contributed by atoms with E-state index in [4.69, 9.17) is 42.1 Å². The number of fused-ring (bicyclic) bond motifs is 2. The Morgan fingerprint density at radius 1 is 0.812 bits per heavy atom. The Morgan fingerprint density at radius 2 is 1.28 bits per heavy atom. The van der Waals surface area contributed by atoms with Crippen LogP contribution in [0, 0.1) is 0 Å². The van der Waals surface area contributed by atoms with E-state index in [1.165, 1.54) is 4.90 Å². The number of nitrogens with zero attached hydrogens (tertiary/aromatic N) is 1. The molecule has 2 aromatic carbocycles. The minimum absolute atomic E-state index is 0.0977. The van der Waals surface area contributed by atoms with E-state index in [0.717, 1.165) is 11.1 Å². The Bertz CT molecular complexity index is 1090. The molecular weight excluding hydrogens is 457 g/mol. The molecule has 0 atom stereocenters. The largest absolute Gasteiger partial charge is 0.454 e. The van der Waals surface area contributed by atoms with Crippen molar-refractivity contribution in [2.45, 2.75) is 4.84 Å². The average molecular weight is 474 g/mol. The summed E-state index contributed by atoms with van der Waals surface area (Å²) in [7, 11) is 0. The van der Waals surface area contributed by atoms with Crippen molar-refractivity contribution >= 4 is 47.0 Å². The zero-order valence-corrected chi connectivity index (χ0v) is 18.2. The molecule has 32 heavy (non-hydrogen) atoms. The smallest absolute Gasteiger partial charge is 0.256 e. The van der Waals surface area contributed by atoms with Crippen molar-refractivity contribution in [3.63, 3.8) is 0 Å². The number of hydrogen-bond acceptors (Lipinski definition) is 6. The maximum Gasteiger partial charge on any atom is 0.256 e. The van der Waals surface area contributed by atoms with Crippen molar-refractivity contribution in [2.75, 3.05) is 26.7 Å². The summed E-state index contributed by atoms with van der Waals surface area (Å²) >= 11 is 11.7. The van der Waals surface area contributed by atoms with E-state index in [-0.39, 0.29) is 32.5 Å². The van der Waals surface area contributed by atoms with Gasteiger partial charge in [-0.3, -0.25) is 9.59 Å². The third-order valence-electron chi connectivity index (χ3n) is 5.28. The van der Waals surface area contributed by atoms with Crippen LogP contribution in [0.3, 0.4) is 0 Å². The predicted octanol–water partition coefficient (Wildman–Crippen LogP) is 3.83. The summed E-state index contributed by atoms with van der Waals surface area (Å²) in [6.07, 6.45) is 3.46. The molecule has 1 amide bonds. The lowest BCUT2D eigenvalue weighted by Crippen LogP contribution is -2.43. The zero-order chi connectivity index (χ0) is 22.2. The molecular formula is C23H17Cl2NO6. The minimum atomic E-state index is -1.22. The molecule has 9 heteroatoms. The van der Waals surface area contributed by atoms with Gasteiger partial charge in [0.25, 0.3) is 5.91 Å². The van der Waals surface area contributed by atoms with Gasteiger partial charge >= 0.3 is 0 Å². The van der Waals surface area contributed by atoms with Gasteiger partial charge in [-0.15, -0.1) is 0 Å². The summed E-state index contributed by atoms with van der Waals surface area (Å²) in [6, 6.07) is 10.8. The van der Waals surface area contributed by atoms with Crippen LogP contribution in [0.4, 0.5) is 0 Å². The number of carbonyl (C=O) groups excluding carboxylic acids is 2. The van der Waals surface area contributed by atoms with Gasteiger partial charge in [0.2, 0.25) is 13.6 Å². The number of Topliss-reactive ketones (excluding diaryl/α,β-unsaturated/α-hetero) is 1. The zero-order valence-electron chi connectivity index (χ0n) is 16.7. The van der Waals surface area contributed by atoms with Gasteiger partial charge in [0, 0.05) is 24.2 Å². The summed E-state index contributed by atoms with van der Waals surface area (Å²) in [5.41, 5.74) is 2.37. The van der Waals surface area contributed by atoms with Crippen LogP contribution in [-0.2, 0) is 9.59 Å². The molecule has 164 valence electrons. The number of piperidine rings is 1. The van der Waals surface area contributed by atoms with Gasteiger partial charge in [0.05, 0.1) is 0 Å². The molecule has 2 aromatic rings. The summed E-state index contributed by atoms with van der Waals surface area (Å²) in [6.45, 7) is 0.513. The number of amides is 1. The summed E-state index contributed by atoms with van der Waals surface area (Å²) in [5, 5.41) is 0. The normalized spacial score (nSPS) is 19.3. The molecule has 3 aliphatic heterocycles. The highest BCUT2D eigenvalue weighted by Gasteiger charge is 2.31. The van der Waals surface area contributed by atoms with Crippen LogP contribution in [0.25, 0.3) is 12.2 Å². The molecule has 7 nitrogen and oxygen atoms in total. The van der Waals surface area contributed by atoms with Crippen LogP contribution in [0.15, 0.2) is 47.5 Å². The maximum absolute atomic E-state index is 13.3. The minimum Gasteiger partial charge on any atom is -0.454 e. The van der Waals surface area contributed by atoms with Crippen LogP contribution < -0.4 is 18.9 Å². The molecule has 1 saturated heterocycles. The molecule has 1 fully saturated rings. The summed E-state index contributed by atoms with van der Waals surface area (Å²) in [4.78, 5) is 26.1. The van der Waals surface area contributed by atoms with Crippen LogP contribution in [0.5, 0.6) is 23.0 Å². The van der Waals surface area contributed by atoms with Crippen LogP contribution in [-0.4, -0.2) is 48.1 Å². The lowest BCUT2D eigenvalue weighted by molar-refractivity contribution is -0.129. The first-order valence-corrected chi connectivity index (χ1v) is 10.7. The molecule has 0 saturated carbocycles. The average Bonchev–Trinajstić information content (AvgIpc) is 3.44. The fraction of sp³-hybridized carbons (Fsp3) is 0.217. The highest BCUT2D eigenvalue weighted by atomic mass is 35.5. The van der Waals surface area contributed by atoms with Crippen molar-refractivity contribution < 1.29 is 28.5 Å². The second-order valence-corrected chi connectivity index (χ2v) is 8.48. The number of rotatable bonds is 3.